The molecular weight excluding hydrogens is 644 g/mol. The molecule has 0 radical (unpaired) electrons. The van der Waals surface area contributed by atoms with E-state index in [1.165, 1.54) is 32.1 Å². The van der Waals surface area contributed by atoms with Crippen molar-refractivity contribution in [3.05, 3.63) is 59.4 Å². The molecule has 2 saturated heterocycles. The minimum absolute atomic E-state index is 0.0350. The Labute approximate surface area is 292 Å². The second-order valence-electron chi connectivity index (χ2n) is 12.6. The summed E-state index contributed by atoms with van der Waals surface area (Å²) in [6, 6.07) is 14.4. The molecule has 50 heavy (non-hydrogen) atoms. The lowest BCUT2D eigenvalue weighted by atomic mass is 9.90. The standard InChI is InChI=1S/C36H48N6O8/c1-25-33(43)32(50-36(46-2)34(25)44)23-42-22-30(39-40-42)24-49-17-16-48-15-14-47-13-10-38-35(45)29(21-37)19-26-6-7-28-20-31(9-8-27(28)18-26)41-11-4-3-5-12-41/h6-9,18-20,22,25,32-34,36,43-44H,3-5,10-17,23-24H2,1-2H3,(H,38,45)/b29-19+. The van der Waals surface area contributed by atoms with Crippen LogP contribution in [0.25, 0.3) is 16.8 Å². The van der Waals surface area contributed by atoms with Gasteiger partial charge in [0.1, 0.15) is 29.5 Å². The molecule has 0 saturated carbocycles. The quantitative estimate of drug-likeness (QED) is 0.107. The van der Waals surface area contributed by atoms with Crippen LogP contribution < -0.4 is 10.2 Å². The summed E-state index contributed by atoms with van der Waals surface area (Å²) in [5.74, 6) is -0.860. The number of aliphatic hydroxyl groups is 2. The van der Waals surface area contributed by atoms with Gasteiger partial charge < -0.3 is 44.1 Å². The van der Waals surface area contributed by atoms with Gasteiger partial charge in [0.25, 0.3) is 5.91 Å². The summed E-state index contributed by atoms with van der Waals surface area (Å²) in [4.78, 5) is 15.0. The number of ether oxygens (including phenoxy) is 5. The molecule has 1 amide bonds. The maximum absolute atomic E-state index is 12.6. The van der Waals surface area contributed by atoms with Gasteiger partial charge in [0.15, 0.2) is 6.29 Å². The first kappa shape index (κ1) is 37.3. The molecule has 3 heterocycles. The fourth-order valence-corrected chi connectivity index (χ4v) is 6.10. The summed E-state index contributed by atoms with van der Waals surface area (Å²) in [6.07, 6.45) is 3.85. The SMILES string of the molecule is COC1OC(Cn2cc(COCCOCCOCCNC(=O)/C(C#N)=C/c3ccc4cc(N5CCCCC5)ccc4c3)nn2)C(O)C(C)C1O. The molecule has 5 atom stereocenters. The number of fused-ring (bicyclic) bond motifs is 1. The van der Waals surface area contributed by atoms with E-state index in [4.69, 9.17) is 23.7 Å². The zero-order valence-corrected chi connectivity index (χ0v) is 28.8. The minimum Gasteiger partial charge on any atom is -0.390 e. The number of nitrogens with one attached hydrogen (secondary N) is 1. The van der Waals surface area contributed by atoms with Crippen molar-refractivity contribution in [1.82, 2.24) is 20.3 Å². The number of piperidine rings is 1. The molecule has 2 aromatic carbocycles. The molecule has 3 aromatic rings. The number of carbonyl (C=O) groups is 1. The number of hydrogen-bond donors (Lipinski definition) is 3. The van der Waals surface area contributed by atoms with Crippen LogP contribution in [0.5, 0.6) is 0 Å². The molecule has 5 rings (SSSR count). The lowest BCUT2D eigenvalue weighted by Crippen LogP contribution is -2.54. The third-order valence-electron chi connectivity index (χ3n) is 9.00. The van der Waals surface area contributed by atoms with Crippen molar-refractivity contribution in [1.29, 1.82) is 5.26 Å². The zero-order valence-electron chi connectivity index (χ0n) is 28.8. The Morgan fingerprint density at radius 3 is 2.50 bits per heavy atom. The van der Waals surface area contributed by atoms with Gasteiger partial charge in [0.2, 0.25) is 0 Å². The average Bonchev–Trinajstić information content (AvgIpc) is 3.59. The van der Waals surface area contributed by atoms with Crippen molar-refractivity contribution in [3.63, 3.8) is 0 Å². The molecule has 1 aromatic heterocycles. The van der Waals surface area contributed by atoms with E-state index in [9.17, 15) is 20.3 Å². The van der Waals surface area contributed by atoms with E-state index in [0.717, 1.165) is 29.4 Å². The average molecular weight is 693 g/mol. The number of aromatic nitrogens is 3. The van der Waals surface area contributed by atoms with Crippen molar-refractivity contribution < 1.29 is 38.7 Å². The van der Waals surface area contributed by atoms with E-state index in [1.54, 1.807) is 23.9 Å². The maximum Gasteiger partial charge on any atom is 0.262 e. The van der Waals surface area contributed by atoms with Crippen LogP contribution >= 0.6 is 0 Å². The second-order valence-corrected chi connectivity index (χ2v) is 12.6. The third kappa shape index (κ3) is 10.3. The predicted octanol–water partition coefficient (Wildman–Crippen LogP) is 2.42. The highest BCUT2D eigenvalue weighted by molar-refractivity contribution is 6.02. The van der Waals surface area contributed by atoms with E-state index in [-0.39, 0.29) is 31.9 Å². The Kier molecular flexibility index (Phi) is 14.1. The van der Waals surface area contributed by atoms with Crippen LogP contribution in [0.15, 0.2) is 48.2 Å². The summed E-state index contributed by atoms with van der Waals surface area (Å²) < 4.78 is 29.1. The molecule has 3 N–H and O–H groups in total. The van der Waals surface area contributed by atoms with Crippen molar-refractivity contribution >= 4 is 28.4 Å². The van der Waals surface area contributed by atoms with Crippen molar-refractivity contribution in [2.75, 3.05) is 64.7 Å². The molecule has 5 unspecified atom stereocenters. The van der Waals surface area contributed by atoms with Crippen molar-refractivity contribution in [2.24, 2.45) is 5.92 Å². The van der Waals surface area contributed by atoms with Crippen LogP contribution in [0.1, 0.15) is 37.4 Å². The first-order valence-corrected chi connectivity index (χ1v) is 17.2. The highest BCUT2D eigenvalue weighted by Gasteiger charge is 2.42. The third-order valence-corrected chi connectivity index (χ3v) is 9.00. The van der Waals surface area contributed by atoms with Gasteiger partial charge >= 0.3 is 0 Å². The number of carbonyl (C=O) groups excluding carboxylic acids is 1. The van der Waals surface area contributed by atoms with Crippen LogP contribution in [0.3, 0.4) is 0 Å². The topological polar surface area (TPSA) is 173 Å². The number of aliphatic hydroxyl groups excluding tert-OH is 2. The highest BCUT2D eigenvalue weighted by atomic mass is 16.7. The van der Waals surface area contributed by atoms with Gasteiger partial charge in [-0.2, -0.15) is 5.26 Å². The Bertz CT molecular complexity index is 1600. The van der Waals surface area contributed by atoms with Gasteiger partial charge in [-0.05, 0) is 59.9 Å². The monoisotopic (exact) mass is 692 g/mol. The Balaban J connectivity index is 0.920. The summed E-state index contributed by atoms with van der Waals surface area (Å²) in [5.41, 5.74) is 2.68. The van der Waals surface area contributed by atoms with Gasteiger partial charge in [0.05, 0.1) is 58.5 Å². The molecule has 2 fully saturated rings. The van der Waals surface area contributed by atoms with E-state index in [1.807, 2.05) is 24.3 Å². The fourth-order valence-electron chi connectivity index (χ4n) is 6.10. The van der Waals surface area contributed by atoms with Gasteiger partial charge in [-0.1, -0.05) is 30.3 Å². The smallest absolute Gasteiger partial charge is 0.262 e. The van der Waals surface area contributed by atoms with E-state index >= 15 is 0 Å². The number of anilines is 1. The largest absolute Gasteiger partial charge is 0.390 e. The number of rotatable bonds is 17. The number of amides is 1. The van der Waals surface area contributed by atoms with Crippen LogP contribution in [0.2, 0.25) is 0 Å². The Morgan fingerprint density at radius 1 is 1.02 bits per heavy atom. The molecule has 0 bridgehead atoms. The molecule has 14 nitrogen and oxygen atoms in total. The van der Waals surface area contributed by atoms with Crippen LogP contribution in [-0.2, 0) is 41.6 Å². The summed E-state index contributed by atoms with van der Waals surface area (Å²) in [7, 11) is 1.45. The molecule has 270 valence electrons. The fraction of sp³-hybridized carbons (Fsp3) is 0.556. The lowest BCUT2D eigenvalue weighted by molar-refractivity contribution is -0.277. The number of methoxy groups -OCH3 is 1. The molecule has 2 aliphatic rings. The number of nitriles is 1. The van der Waals surface area contributed by atoms with Crippen molar-refractivity contribution in [3.8, 4) is 6.07 Å². The molecule has 2 aliphatic heterocycles. The van der Waals surface area contributed by atoms with Gasteiger partial charge in [-0.25, -0.2) is 4.68 Å². The van der Waals surface area contributed by atoms with E-state index in [2.05, 4.69) is 38.7 Å². The number of nitrogens with zero attached hydrogens (tertiary/aromatic N) is 5. The normalized spacial score (nSPS) is 22.8. The molecule has 0 spiro atoms. The first-order chi connectivity index (χ1) is 24.4. The Hall–Kier alpha value is -3.94. The minimum atomic E-state index is -0.917. The zero-order chi connectivity index (χ0) is 35.3. The number of hydrogen-bond acceptors (Lipinski definition) is 12. The molecule has 14 heteroatoms. The maximum atomic E-state index is 12.6. The van der Waals surface area contributed by atoms with Crippen LogP contribution in [-0.4, -0.2) is 115 Å². The van der Waals surface area contributed by atoms with Gasteiger partial charge in [0, 0.05) is 38.3 Å². The predicted molar refractivity (Wildman–Crippen MR) is 185 cm³/mol. The van der Waals surface area contributed by atoms with Crippen LogP contribution in [0, 0.1) is 17.2 Å². The van der Waals surface area contributed by atoms with E-state index < -0.39 is 36.4 Å². The summed E-state index contributed by atoms with van der Waals surface area (Å²) in [6.45, 7) is 6.37. The van der Waals surface area contributed by atoms with Gasteiger partial charge in [-0.15, -0.1) is 5.10 Å². The van der Waals surface area contributed by atoms with Gasteiger partial charge in [-0.3, -0.25) is 4.79 Å². The number of benzene rings is 2. The molecule has 0 aliphatic carbocycles. The van der Waals surface area contributed by atoms with Crippen LogP contribution in [0.4, 0.5) is 5.69 Å². The van der Waals surface area contributed by atoms with Crippen molar-refractivity contribution in [2.45, 2.75) is 63.9 Å². The van der Waals surface area contributed by atoms with E-state index in [0.29, 0.717) is 32.1 Å². The lowest BCUT2D eigenvalue weighted by Gasteiger charge is -2.40. The highest BCUT2D eigenvalue weighted by Crippen LogP contribution is 2.28. The molecular formula is C36H48N6O8. The first-order valence-electron chi connectivity index (χ1n) is 17.2. The Morgan fingerprint density at radius 2 is 1.74 bits per heavy atom. The second kappa shape index (κ2) is 18.9. The summed E-state index contributed by atoms with van der Waals surface area (Å²) >= 11 is 0. The summed E-state index contributed by atoms with van der Waals surface area (Å²) in [5, 5.41) is 43.3.